The minimum absolute atomic E-state index is 0.0955. The van der Waals surface area contributed by atoms with Gasteiger partial charge in [0.1, 0.15) is 17.1 Å². The average Bonchev–Trinajstić information content (AvgIpc) is 2.64. The highest BCUT2D eigenvalue weighted by Crippen LogP contribution is 2.14. The lowest BCUT2D eigenvalue weighted by Gasteiger charge is -2.09. The van der Waals surface area contributed by atoms with Crippen LogP contribution in [0.2, 0.25) is 0 Å². The molecule has 2 N–H and O–H groups in total. The molecule has 1 aromatic rings. The van der Waals surface area contributed by atoms with Crippen LogP contribution in [0.15, 0.2) is 10.5 Å². The van der Waals surface area contributed by atoms with Gasteiger partial charge in [-0.3, -0.25) is 10.1 Å². The Balaban J connectivity index is 2.43. The number of amides is 3. The molecular weight excluding hydrogens is 264 g/mol. The van der Waals surface area contributed by atoms with Crippen LogP contribution in [-0.2, 0) is 9.53 Å². The van der Waals surface area contributed by atoms with Gasteiger partial charge in [-0.05, 0) is 33.8 Å². The third-order valence-corrected chi connectivity index (χ3v) is 2.27. The molecule has 20 heavy (non-hydrogen) atoms. The van der Waals surface area contributed by atoms with Gasteiger partial charge in [-0.25, -0.2) is 9.59 Å². The number of furan rings is 1. The predicted molar refractivity (Wildman–Crippen MR) is 70.3 cm³/mol. The van der Waals surface area contributed by atoms with Crippen molar-refractivity contribution in [3.8, 4) is 0 Å². The van der Waals surface area contributed by atoms with Crippen molar-refractivity contribution in [3.63, 3.8) is 0 Å². The SMILES string of the molecule is Cc1cc(C(=O)OCC(=O)NC(=O)NC(C)C)c(C)o1. The first-order valence-corrected chi connectivity index (χ1v) is 6.14. The lowest BCUT2D eigenvalue weighted by atomic mass is 10.2. The summed E-state index contributed by atoms with van der Waals surface area (Å²) in [5.74, 6) is -0.367. The van der Waals surface area contributed by atoms with E-state index in [1.807, 2.05) is 5.32 Å². The fourth-order valence-electron chi connectivity index (χ4n) is 1.50. The molecule has 0 saturated carbocycles. The zero-order chi connectivity index (χ0) is 15.3. The fraction of sp³-hybridized carbons (Fsp3) is 0.462. The summed E-state index contributed by atoms with van der Waals surface area (Å²) < 4.78 is 9.98. The van der Waals surface area contributed by atoms with Crippen molar-refractivity contribution in [1.29, 1.82) is 0 Å². The van der Waals surface area contributed by atoms with Crippen LogP contribution in [0.5, 0.6) is 0 Å². The average molecular weight is 282 g/mol. The number of nitrogens with one attached hydrogen (secondary N) is 2. The molecule has 7 nitrogen and oxygen atoms in total. The van der Waals surface area contributed by atoms with Crippen LogP contribution in [0.1, 0.15) is 35.7 Å². The number of urea groups is 1. The van der Waals surface area contributed by atoms with Gasteiger partial charge in [-0.15, -0.1) is 0 Å². The van der Waals surface area contributed by atoms with Crippen LogP contribution in [0.3, 0.4) is 0 Å². The topological polar surface area (TPSA) is 97.6 Å². The molecule has 0 bridgehead atoms. The molecule has 0 saturated heterocycles. The molecular formula is C13H18N2O5. The third-order valence-electron chi connectivity index (χ3n) is 2.27. The van der Waals surface area contributed by atoms with Crippen molar-refractivity contribution in [2.24, 2.45) is 0 Å². The van der Waals surface area contributed by atoms with Crippen molar-refractivity contribution in [2.45, 2.75) is 33.7 Å². The number of esters is 1. The molecule has 1 rings (SSSR count). The summed E-state index contributed by atoms with van der Waals surface area (Å²) in [6.07, 6.45) is 0. The molecule has 1 heterocycles. The highest BCUT2D eigenvalue weighted by Gasteiger charge is 2.17. The molecule has 0 aliphatic heterocycles. The summed E-state index contributed by atoms with van der Waals surface area (Å²) in [6, 6.07) is 0.805. The summed E-state index contributed by atoms with van der Waals surface area (Å²) in [5.41, 5.74) is 0.266. The standard InChI is InChI=1S/C13H18N2O5/c1-7(2)14-13(18)15-11(16)6-19-12(17)10-5-8(3)20-9(10)4/h5,7H,6H2,1-4H3,(H2,14,15,16,18). The second-order valence-electron chi connectivity index (χ2n) is 4.58. The Morgan fingerprint density at radius 2 is 1.95 bits per heavy atom. The van der Waals surface area contributed by atoms with Gasteiger partial charge in [0.15, 0.2) is 6.61 Å². The second kappa shape index (κ2) is 6.74. The van der Waals surface area contributed by atoms with Gasteiger partial charge >= 0.3 is 12.0 Å². The van der Waals surface area contributed by atoms with Crippen molar-refractivity contribution < 1.29 is 23.5 Å². The zero-order valence-electron chi connectivity index (χ0n) is 11.9. The number of ether oxygens (including phenoxy) is 1. The van der Waals surface area contributed by atoms with E-state index >= 15 is 0 Å². The van der Waals surface area contributed by atoms with Crippen LogP contribution < -0.4 is 10.6 Å². The zero-order valence-corrected chi connectivity index (χ0v) is 11.9. The molecule has 0 spiro atoms. The Hall–Kier alpha value is -2.31. The molecule has 3 amide bonds. The Bertz CT molecular complexity index is 519. The Morgan fingerprint density at radius 1 is 1.30 bits per heavy atom. The van der Waals surface area contributed by atoms with E-state index in [-0.39, 0.29) is 11.6 Å². The van der Waals surface area contributed by atoms with E-state index in [0.717, 1.165) is 0 Å². The first-order valence-electron chi connectivity index (χ1n) is 6.14. The number of hydrogen-bond acceptors (Lipinski definition) is 5. The fourth-order valence-corrected chi connectivity index (χ4v) is 1.50. The number of aryl methyl sites for hydroxylation is 2. The normalized spacial score (nSPS) is 10.2. The highest BCUT2D eigenvalue weighted by atomic mass is 16.5. The van der Waals surface area contributed by atoms with E-state index < -0.39 is 24.5 Å². The summed E-state index contributed by atoms with van der Waals surface area (Å²) in [6.45, 7) is 6.31. The van der Waals surface area contributed by atoms with E-state index in [0.29, 0.717) is 11.5 Å². The van der Waals surface area contributed by atoms with Gasteiger partial charge in [0.05, 0.1) is 0 Å². The quantitative estimate of drug-likeness (QED) is 0.811. The van der Waals surface area contributed by atoms with E-state index in [2.05, 4.69) is 5.32 Å². The van der Waals surface area contributed by atoms with Gasteiger partial charge in [0, 0.05) is 6.04 Å². The molecule has 0 aliphatic carbocycles. The van der Waals surface area contributed by atoms with E-state index in [1.54, 1.807) is 27.7 Å². The molecule has 1 aromatic heterocycles. The maximum Gasteiger partial charge on any atom is 0.342 e. The maximum atomic E-state index is 11.7. The first kappa shape index (κ1) is 15.7. The van der Waals surface area contributed by atoms with Gasteiger partial charge in [0.2, 0.25) is 0 Å². The second-order valence-corrected chi connectivity index (χ2v) is 4.58. The number of carbonyl (C=O) groups is 3. The number of rotatable bonds is 4. The van der Waals surface area contributed by atoms with Gasteiger partial charge in [0.25, 0.3) is 5.91 Å². The van der Waals surface area contributed by atoms with E-state index in [9.17, 15) is 14.4 Å². The predicted octanol–water partition coefficient (Wildman–Crippen LogP) is 1.29. The molecule has 0 unspecified atom stereocenters. The van der Waals surface area contributed by atoms with Gasteiger partial charge < -0.3 is 14.5 Å². The molecule has 0 atom stereocenters. The molecule has 7 heteroatoms. The minimum atomic E-state index is -0.700. The van der Waals surface area contributed by atoms with Crippen LogP contribution in [0.25, 0.3) is 0 Å². The summed E-state index contributed by atoms with van der Waals surface area (Å²) in [7, 11) is 0. The molecule has 110 valence electrons. The van der Waals surface area contributed by atoms with E-state index in [1.165, 1.54) is 6.07 Å². The molecule has 0 aliphatic rings. The van der Waals surface area contributed by atoms with Crippen molar-refractivity contribution in [3.05, 3.63) is 23.2 Å². The van der Waals surface area contributed by atoms with Crippen LogP contribution in [0, 0.1) is 13.8 Å². The number of hydrogen-bond donors (Lipinski definition) is 2. The van der Waals surface area contributed by atoms with Gasteiger partial charge in [-0.2, -0.15) is 0 Å². The highest BCUT2D eigenvalue weighted by molar-refractivity contribution is 5.97. The summed E-state index contributed by atoms with van der Waals surface area (Å²) in [5, 5.41) is 4.53. The minimum Gasteiger partial charge on any atom is -0.466 e. The lowest BCUT2D eigenvalue weighted by molar-refractivity contribution is -0.123. The third kappa shape index (κ3) is 4.75. The Labute approximate surface area is 116 Å². The number of imide groups is 1. The van der Waals surface area contributed by atoms with Crippen molar-refractivity contribution in [1.82, 2.24) is 10.6 Å². The molecule has 0 aromatic carbocycles. The number of carbonyl (C=O) groups excluding carboxylic acids is 3. The smallest absolute Gasteiger partial charge is 0.342 e. The largest absolute Gasteiger partial charge is 0.466 e. The van der Waals surface area contributed by atoms with Crippen LogP contribution in [-0.4, -0.2) is 30.6 Å². The first-order chi connectivity index (χ1) is 9.29. The van der Waals surface area contributed by atoms with Crippen LogP contribution >= 0.6 is 0 Å². The van der Waals surface area contributed by atoms with Crippen molar-refractivity contribution >= 4 is 17.9 Å². The monoisotopic (exact) mass is 282 g/mol. The molecule has 0 fully saturated rings. The van der Waals surface area contributed by atoms with Gasteiger partial charge in [-0.1, -0.05) is 0 Å². The Kier molecular flexibility index (Phi) is 5.31. The molecule has 0 radical (unpaired) electrons. The summed E-state index contributed by atoms with van der Waals surface area (Å²) in [4.78, 5) is 34.3. The van der Waals surface area contributed by atoms with Crippen molar-refractivity contribution in [2.75, 3.05) is 6.61 Å². The van der Waals surface area contributed by atoms with Crippen LogP contribution in [0.4, 0.5) is 4.79 Å². The van der Waals surface area contributed by atoms with E-state index in [4.69, 9.17) is 9.15 Å². The maximum absolute atomic E-state index is 11.7. The summed E-state index contributed by atoms with van der Waals surface area (Å²) >= 11 is 0. The Morgan fingerprint density at radius 3 is 2.45 bits per heavy atom. The lowest BCUT2D eigenvalue weighted by Crippen LogP contribution is -2.44.